The van der Waals surface area contributed by atoms with Crippen LogP contribution in [0.5, 0.6) is 0 Å². The number of aromatic nitrogens is 2. The summed E-state index contributed by atoms with van der Waals surface area (Å²) >= 11 is 0. The number of nitrogens with one attached hydrogen (secondary N) is 2. The first-order chi connectivity index (χ1) is 10.9. The Morgan fingerprint density at radius 2 is 1.74 bits per heavy atom. The first-order valence-electron chi connectivity index (χ1n) is 7.89. The molecule has 5 nitrogen and oxygen atoms in total. The van der Waals surface area contributed by atoms with Gasteiger partial charge in [0, 0.05) is 17.4 Å². The second kappa shape index (κ2) is 7.22. The van der Waals surface area contributed by atoms with Crippen molar-refractivity contribution in [2.24, 2.45) is 0 Å². The first-order valence-corrected chi connectivity index (χ1v) is 7.89. The average Bonchev–Trinajstić information content (AvgIpc) is 2.45. The van der Waals surface area contributed by atoms with Crippen molar-refractivity contribution in [1.82, 2.24) is 9.97 Å². The highest BCUT2D eigenvalue weighted by Crippen LogP contribution is 2.15. The average molecular weight is 312 g/mol. The quantitative estimate of drug-likeness (QED) is 0.879. The van der Waals surface area contributed by atoms with Crippen molar-refractivity contribution >= 4 is 17.5 Å². The Balaban J connectivity index is 2.21. The Morgan fingerprint density at radius 3 is 2.35 bits per heavy atom. The standard InChI is InChI=1S/C18H24N4O/c1-6-13(4)19-18-20-14(5)10-16(22-18)17(23)21-15-8-11(2)7-12(3)9-15/h7-10,13H,6H2,1-5H3,(H,21,23)(H,19,20,22). The minimum absolute atomic E-state index is 0.229. The maximum Gasteiger partial charge on any atom is 0.274 e. The zero-order valence-electron chi connectivity index (χ0n) is 14.4. The van der Waals surface area contributed by atoms with Gasteiger partial charge < -0.3 is 10.6 Å². The van der Waals surface area contributed by atoms with E-state index in [0.717, 1.165) is 28.9 Å². The molecule has 0 bridgehead atoms. The minimum atomic E-state index is -0.229. The number of hydrogen-bond acceptors (Lipinski definition) is 4. The Morgan fingerprint density at radius 1 is 1.09 bits per heavy atom. The molecule has 0 aliphatic rings. The van der Waals surface area contributed by atoms with E-state index in [1.165, 1.54) is 0 Å². The molecule has 0 saturated carbocycles. The van der Waals surface area contributed by atoms with Crippen LogP contribution >= 0.6 is 0 Å². The number of carbonyl (C=O) groups excluding carboxylic acids is 1. The zero-order chi connectivity index (χ0) is 17.0. The van der Waals surface area contributed by atoms with Gasteiger partial charge >= 0.3 is 0 Å². The van der Waals surface area contributed by atoms with Gasteiger partial charge in [0.2, 0.25) is 5.95 Å². The summed E-state index contributed by atoms with van der Waals surface area (Å²) in [7, 11) is 0. The molecular formula is C18H24N4O. The third-order valence-corrected chi connectivity index (χ3v) is 3.55. The van der Waals surface area contributed by atoms with Gasteiger partial charge in [0.25, 0.3) is 5.91 Å². The van der Waals surface area contributed by atoms with E-state index in [1.807, 2.05) is 32.9 Å². The molecule has 0 saturated heterocycles. The van der Waals surface area contributed by atoms with Crippen LogP contribution in [0.25, 0.3) is 0 Å². The summed E-state index contributed by atoms with van der Waals surface area (Å²) < 4.78 is 0. The number of amides is 1. The van der Waals surface area contributed by atoms with Gasteiger partial charge in [0.15, 0.2) is 0 Å². The lowest BCUT2D eigenvalue weighted by Crippen LogP contribution is -2.19. The van der Waals surface area contributed by atoms with Crippen molar-refractivity contribution in [3.05, 3.63) is 46.8 Å². The van der Waals surface area contributed by atoms with Gasteiger partial charge in [0.05, 0.1) is 0 Å². The van der Waals surface area contributed by atoms with Gasteiger partial charge in [-0.3, -0.25) is 4.79 Å². The molecule has 5 heteroatoms. The lowest BCUT2D eigenvalue weighted by Gasteiger charge is -2.13. The number of hydrogen-bond donors (Lipinski definition) is 2. The Bertz CT molecular complexity index is 692. The first kappa shape index (κ1) is 16.9. The van der Waals surface area contributed by atoms with E-state index in [2.05, 4.69) is 40.5 Å². The molecule has 1 heterocycles. The highest BCUT2D eigenvalue weighted by atomic mass is 16.1. The highest BCUT2D eigenvalue weighted by molar-refractivity contribution is 6.03. The van der Waals surface area contributed by atoms with Crippen molar-refractivity contribution < 1.29 is 4.79 Å². The molecule has 122 valence electrons. The van der Waals surface area contributed by atoms with Crippen LogP contribution in [-0.4, -0.2) is 21.9 Å². The summed E-state index contributed by atoms with van der Waals surface area (Å²) in [6.07, 6.45) is 0.960. The minimum Gasteiger partial charge on any atom is -0.352 e. The molecule has 1 amide bonds. The van der Waals surface area contributed by atoms with E-state index in [9.17, 15) is 4.79 Å². The molecule has 23 heavy (non-hydrogen) atoms. The van der Waals surface area contributed by atoms with E-state index in [4.69, 9.17) is 0 Å². The van der Waals surface area contributed by atoms with Gasteiger partial charge in [-0.25, -0.2) is 9.97 Å². The topological polar surface area (TPSA) is 66.9 Å². The van der Waals surface area contributed by atoms with Crippen LogP contribution < -0.4 is 10.6 Å². The molecule has 1 unspecified atom stereocenters. The second-order valence-corrected chi connectivity index (χ2v) is 6.00. The number of carbonyl (C=O) groups is 1. The van der Waals surface area contributed by atoms with Crippen molar-refractivity contribution in [3.8, 4) is 0 Å². The molecule has 2 aromatic rings. The maximum atomic E-state index is 12.5. The van der Waals surface area contributed by atoms with E-state index in [-0.39, 0.29) is 11.9 Å². The maximum absolute atomic E-state index is 12.5. The van der Waals surface area contributed by atoms with E-state index >= 15 is 0 Å². The lowest BCUT2D eigenvalue weighted by molar-refractivity contribution is 0.102. The summed E-state index contributed by atoms with van der Waals surface area (Å²) in [6, 6.07) is 7.90. The number of benzene rings is 1. The van der Waals surface area contributed by atoms with Gasteiger partial charge in [-0.15, -0.1) is 0 Å². The Labute approximate surface area is 137 Å². The number of anilines is 2. The SMILES string of the molecule is CCC(C)Nc1nc(C)cc(C(=O)Nc2cc(C)cc(C)c2)n1. The predicted octanol–water partition coefficient (Wildman–Crippen LogP) is 3.86. The van der Waals surface area contributed by atoms with Crippen molar-refractivity contribution in [2.75, 3.05) is 10.6 Å². The van der Waals surface area contributed by atoms with Crippen LogP contribution in [0.15, 0.2) is 24.3 Å². The third kappa shape index (κ3) is 4.77. The number of aryl methyl sites for hydroxylation is 3. The van der Waals surface area contributed by atoms with Gasteiger partial charge in [-0.1, -0.05) is 13.0 Å². The Hall–Kier alpha value is -2.43. The number of rotatable bonds is 5. The molecular weight excluding hydrogens is 288 g/mol. The fourth-order valence-corrected chi connectivity index (χ4v) is 2.31. The van der Waals surface area contributed by atoms with E-state index < -0.39 is 0 Å². The van der Waals surface area contributed by atoms with Gasteiger partial charge in [-0.05, 0) is 63.4 Å². The summed E-state index contributed by atoms with van der Waals surface area (Å²) in [4.78, 5) is 21.1. The van der Waals surface area contributed by atoms with Crippen LogP contribution in [0.1, 0.15) is 47.6 Å². The van der Waals surface area contributed by atoms with Crippen LogP contribution in [-0.2, 0) is 0 Å². The summed E-state index contributed by atoms with van der Waals surface area (Å²) in [6.45, 7) is 10.0. The van der Waals surface area contributed by atoms with Crippen LogP contribution in [0, 0.1) is 20.8 Å². The molecule has 2 rings (SSSR count). The molecule has 0 aliphatic carbocycles. The predicted molar refractivity (Wildman–Crippen MR) is 94.0 cm³/mol. The molecule has 1 aromatic carbocycles. The van der Waals surface area contributed by atoms with Crippen molar-refractivity contribution in [1.29, 1.82) is 0 Å². The monoisotopic (exact) mass is 312 g/mol. The highest BCUT2D eigenvalue weighted by Gasteiger charge is 2.12. The molecule has 0 aliphatic heterocycles. The Kier molecular flexibility index (Phi) is 5.32. The molecule has 2 N–H and O–H groups in total. The molecule has 0 fully saturated rings. The van der Waals surface area contributed by atoms with E-state index in [1.54, 1.807) is 6.07 Å². The molecule has 0 spiro atoms. The third-order valence-electron chi connectivity index (χ3n) is 3.55. The normalized spacial score (nSPS) is 11.9. The van der Waals surface area contributed by atoms with Gasteiger partial charge in [-0.2, -0.15) is 0 Å². The smallest absolute Gasteiger partial charge is 0.274 e. The molecule has 1 atom stereocenters. The van der Waals surface area contributed by atoms with Crippen molar-refractivity contribution in [2.45, 2.75) is 47.1 Å². The van der Waals surface area contributed by atoms with Gasteiger partial charge in [0.1, 0.15) is 5.69 Å². The fourth-order valence-electron chi connectivity index (χ4n) is 2.31. The van der Waals surface area contributed by atoms with Crippen LogP contribution in [0.2, 0.25) is 0 Å². The van der Waals surface area contributed by atoms with E-state index in [0.29, 0.717) is 11.6 Å². The fraction of sp³-hybridized carbons (Fsp3) is 0.389. The van der Waals surface area contributed by atoms with Crippen LogP contribution in [0.3, 0.4) is 0 Å². The second-order valence-electron chi connectivity index (χ2n) is 6.00. The number of nitrogens with zero attached hydrogens (tertiary/aromatic N) is 2. The largest absolute Gasteiger partial charge is 0.352 e. The summed E-state index contributed by atoms with van der Waals surface area (Å²) in [5, 5.41) is 6.11. The summed E-state index contributed by atoms with van der Waals surface area (Å²) in [5.74, 6) is 0.262. The van der Waals surface area contributed by atoms with Crippen molar-refractivity contribution in [3.63, 3.8) is 0 Å². The molecule has 0 radical (unpaired) electrons. The zero-order valence-corrected chi connectivity index (χ0v) is 14.4. The van der Waals surface area contributed by atoms with Crippen LogP contribution in [0.4, 0.5) is 11.6 Å². The summed E-state index contributed by atoms with van der Waals surface area (Å²) in [5.41, 5.74) is 4.12. The lowest BCUT2D eigenvalue weighted by atomic mass is 10.1. The molecule has 1 aromatic heterocycles.